The van der Waals surface area contributed by atoms with Gasteiger partial charge in [0.05, 0.1) is 16.8 Å². The zero-order valence-corrected chi connectivity index (χ0v) is 13.4. The average molecular weight is 329 g/mol. The average Bonchev–Trinajstić information content (AvgIpc) is 3.00. The van der Waals surface area contributed by atoms with Crippen LogP contribution in [0, 0.1) is 16.0 Å². The molecule has 1 fully saturated rings. The fraction of sp³-hybridized carbons (Fsp3) is 0.375. The van der Waals surface area contributed by atoms with Crippen LogP contribution in [0.3, 0.4) is 0 Å². The molecule has 2 heterocycles. The monoisotopic (exact) mass is 329 g/mol. The number of hydrogen-bond acceptors (Lipinski definition) is 5. The molecule has 2 aromatic rings. The number of hydrogen-bond donors (Lipinski definition) is 1. The number of para-hydroxylation sites is 2. The van der Waals surface area contributed by atoms with E-state index >= 15 is 0 Å². The molecule has 3 rings (SSSR count). The van der Waals surface area contributed by atoms with E-state index in [4.69, 9.17) is 0 Å². The lowest BCUT2D eigenvalue weighted by Gasteiger charge is -2.32. The van der Waals surface area contributed by atoms with Gasteiger partial charge in [0.2, 0.25) is 5.91 Å². The van der Waals surface area contributed by atoms with E-state index < -0.39 is 0 Å². The molecule has 0 bridgehead atoms. The van der Waals surface area contributed by atoms with Crippen LogP contribution in [0.4, 0.5) is 17.1 Å². The van der Waals surface area contributed by atoms with Gasteiger partial charge < -0.3 is 10.2 Å². The predicted octanol–water partition coefficient (Wildman–Crippen LogP) is 2.18. The number of nitrogens with one attached hydrogen (secondary N) is 1. The second-order valence-corrected chi connectivity index (χ2v) is 5.90. The quantitative estimate of drug-likeness (QED) is 0.685. The maximum atomic E-state index is 12.3. The standard InChI is InChI=1S/C16H19N5O3/c1-19-11-13(10-17-19)18-16(22)12-6-8-20(9-7-12)14-4-2-3-5-15(14)21(23)24/h2-5,10-12H,6-9H2,1H3,(H,18,22). The Morgan fingerprint density at radius 2 is 2.04 bits per heavy atom. The van der Waals surface area contributed by atoms with E-state index in [1.54, 1.807) is 42.3 Å². The molecule has 126 valence electrons. The van der Waals surface area contributed by atoms with Crippen LogP contribution in [0.25, 0.3) is 0 Å². The van der Waals surface area contributed by atoms with Crippen molar-refractivity contribution < 1.29 is 9.72 Å². The SMILES string of the molecule is Cn1cc(NC(=O)C2CCN(c3ccccc3[N+](=O)[O-])CC2)cn1. The Kier molecular flexibility index (Phi) is 4.45. The molecule has 0 radical (unpaired) electrons. The molecule has 1 aromatic carbocycles. The molecule has 8 nitrogen and oxygen atoms in total. The Morgan fingerprint density at radius 1 is 1.33 bits per heavy atom. The minimum atomic E-state index is -0.365. The molecule has 24 heavy (non-hydrogen) atoms. The third-order valence-electron chi connectivity index (χ3n) is 4.26. The molecule has 0 unspecified atom stereocenters. The first-order valence-electron chi connectivity index (χ1n) is 7.82. The van der Waals surface area contributed by atoms with E-state index in [1.165, 1.54) is 6.07 Å². The first-order chi connectivity index (χ1) is 11.5. The van der Waals surface area contributed by atoms with E-state index in [9.17, 15) is 14.9 Å². The minimum absolute atomic E-state index is 0.0230. The molecule has 1 amide bonds. The molecular formula is C16H19N5O3. The van der Waals surface area contributed by atoms with Crippen LogP contribution in [-0.4, -0.2) is 33.7 Å². The first-order valence-corrected chi connectivity index (χ1v) is 7.82. The molecule has 0 spiro atoms. The Bertz CT molecular complexity index is 750. The summed E-state index contributed by atoms with van der Waals surface area (Å²) < 4.78 is 1.63. The van der Waals surface area contributed by atoms with Crippen molar-refractivity contribution in [1.82, 2.24) is 9.78 Å². The number of nitrogens with zero attached hydrogens (tertiary/aromatic N) is 4. The summed E-state index contributed by atoms with van der Waals surface area (Å²) in [5, 5.41) is 18.0. The second-order valence-electron chi connectivity index (χ2n) is 5.90. The first kappa shape index (κ1) is 16.0. The predicted molar refractivity (Wildman–Crippen MR) is 89.9 cm³/mol. The van der Waals surface area contributed by atoms with Crippen LogP contribution in [0.5, 0.6) is 0 Å². The van der Waals surface area contributed by atoms with Crippen LogP contribution < -0.4 is 10.2 Å². The highest BCUT2D eigenvalue weighted by molar-refractivity contribution is 5.92. The van der Waals surface area contributed by atoms with Crippen LogP contribution in [0.1, 0.15) is 12.8 Å². The number of aryl methyl sites for hydroxylation is 1. The van der Waals surface area contributed by atoms with Gasteiger partial charge in [-0.25, -0.2) is 0 Å². The van der Waals surface area contributed by atoms with Crippen molar-refractivity contribution in [3.8, 4) is 0 Å². The van der Waals surface area contributed by atoms with Crippen LogP contribution >= 0.6 is 0 Å². The van der Waals surface area contributed by atoms with Gasteiger partial charge in [0.25, 0.3) is 5.69 Å². The number of anilines is 2. The maximum Gasteiger partial charge on any atom is 0.292 e. The van der Waals surface area contributed by atoms with Gasteiger partial charge in [-0.3, -0.25) is 19.6 Å². The van der Waals surface area contributed by atoms with E-state index in [0.717, 1.165) is 0 Å². The summed E-state index contributed by atoms with van der Waals surface area (Å²) in [4.78, 5) is 25.1. The minimum Gasteiger partial charge on any atom is -0.366 e. The van der Waals surface area contributed by atoms with E-state index in [-0.39, 0.29) is 22.4 Å². The molecular weight excluding hydrogens is 310 g/mol. The highest BCUT2D eigenvalue weighted by Crippen LogP contribution is 2.31. The number of aromatic nitrogens is 2. The zero-order valence-electron chi connectivity index (χ0n) is 13.4. The van der Waals surface area contributed by atoms with Crippen molar-refractivity contribution >= 4 is 23.0 Å². The van der Waals surface area contributed by atoms with E-state index in [2.05, 4.69) is 10.4 Å². The summed E-state index contributed by atoms with van der Waals surface area (Å²) in [7, 11) is 1.79. The van der Waals surface area contributed by atoms with Gasteiger partial charge in [-0.2, -0.15) is 5.10 Å². The van der Waals surface area contributed by atoms with Gasteiger partial charge >= 0.3 is 0 Å². The van der Waals surface area contributed by atoms with Crippen LogP contribution in [0.2, 0.25) is 0 Å². The third kappa shape index (κ3) is 3.37. The molecule has 1 aromatic heterocycles. The topological polar surface area (TPSA) is 93.3 Å². The highest BCUT2D eigenvalue weighted by Gasteiger charge is 2.28. The number of benzene rings is 1. The number of nitro groups is 1. The summed E-state index contributed by atoms with van der Waals surface area (Å²) in [5.41, 5.74) is 1.41. The molecule has 1 N–H and O–H groups in total. The molecule has 1 aliphatic rings. The Hall–Kier alpha value is -2.90. The van der Waals surface area contributed by atoms with Gasteiger partial charge in [-0.1, -0.05) is 12.1 Å². The fourth-order valence-corrected chi connectivity index (χ4v) is 3.00. The van der Waals surface area contributed by atoms with Gasteiger partial charge in [0.15, 0.2) is 0 Å². The summed E-state index contributed by atoms with van der Waals surface area (Å²) in [6.45, 7) is 1.24. The number of carbonyl (C=O) groups excluding carboxylic acids is 1. The van der Waals surface area contributed by atoms with Crippen molar-refractivity contribution in [3.63, 3.8) is 0 Å². The number of piperidine rings is 1. The van der Waals surface area contributed by atoms with Gasteiger partial charge in [-0.15, -0.1) is 0 Å². The Balaban J connectivity index is 1.62. The van der Waals surface area contributed by atoms with Crippen molar-refractivity contribution in [1.29, 1.82) is 0 Å². The third-order valence-corrected chi connectivity index (χ3v) is 4.26. The van der Waals surface area contributed by atoms with Crippen LogP contribution in [0.15, 0.2) is 36.7 Å². The number of nitro benzene ring substituents is 1. The fourth-order valence-electron chi connectivity index (χ4n) is 3.00. The second kappa shape index (κ2) is 6.69. The van der Waals surface area contributed by atoms with Gasteiger partial charge in [-0.05, 0) is 18.9 Å². The lowest BCUT2D eigenvalue weighted by molar-refractivity contribution is -0.384. The lowest BCUT2D eigenvalue weighted by Crippen LogP contribution is -2.38. The largest absolute Gasteiger partial charge is 0.366 e. The van der Waals surface area contributed by atoms with Crippen molar-refractivity contribution in [2.75, 3.05) is 23.3 Å². The summed E-state index contributed by atoms with van der Waals surface area (Å²) >= 11 is 0. The number of carbonyl (C=O) groups is 1. The van der Waals surface area contributed by atoms with Gasteiger partial charge in [0, 0.05) is 38.3 Å². The normalized spacial score (nSPS) is 15.3. The van der Waals surface area contributed by atoms with Crippen molar-refractivity contribution in [3.05, 3.63) is 46.8 Å². The Labute approximate surface area is 139 Å². The van der Waals surface area contributed by atoms with Crippen LogP contribution in [-0.2, 0) is 11.8 Å². The zero-order chi connectivity index (χ0) is 17.1. The molecule has 0 saturated carbocycles. The lowest BCUT2D eigenvalue weighted by atomic mass is 9.95. The van der Waals surface area contributed by atoms with Crippen molar-refractivity contribution in [2.24, 2.45) is 13.0 Å². The molecule has 1 saturated heterocycles. The Morgan fingerprint density at radius 3 is 2.67 bits per heavy atom. The molecule has 1 aliphatic heterocycles. The highest BCUT2D eigenvalue weighted by atomic mass is 16.6. The summed E-state index contributed by atoms with van der Waals surface area (Å²) in [6, 6.07) is 6.73. The molecule has 8 heteroatoms. The summed E-state index contributed by atoms with van der Waals surface area (Å²) in [6.07, 6.45) is 4.69. The smallest absolute Gasteiger partial charge is 0.292 e. The van der Waals surface area contributed by atoms with E-state index in [0.29, 0.717) is 37.3 Å². The van der Waals surface area contributed by atoms with E-state index in [1.807, 2.05) is 4.90 Å². The maximum absolute atomic E-state index is 12.3. The number of rotatable bonds is 4. The van der Waals surface area contributed by atoms with Crippen molar-refractivity contribution in [2.45, 2.75) is 12.8 Å². The molecule has 0 atom stereocenters. The molecule has 0 aliphatic carbocycles. The van der Waals surface area contributed by atoms with Gasteiger partial charge in [0.1, 0.15) is 5.69 Å². The summed E-state index contributed by atoms with van der Waals surface area (Å²) in [5.74, 6) is -0.116. The number of amides is 1.